The van der Waals surface area contributed by atoms with Crippen molar-refractivity contribution in [1.29, 1.82) is 0 Å². The molecule has 0 aliphatic carbocycles. The van der Waals surface area contributed by atoms with Crippen LogP contribution in [0.15, 0.2) is 42.5 Å². The summed E-state index contributed by atoms with van der Waals surface area (Å²) < 4.78 is 5.12. The van der Waals surface area contributed by atoms with Crippen LogP contribution in [0.1, 0.15) is 47.4 Å². The Morgan fingerprint density at radius 3 is 2.63 bits per heavy atom. The van der Waals surface area contributed by atoms with Crippen molar-refractivity contribution in [3.8, 4) is 0 Å². The number of rotatable bonds is 4. The Morgan fingerprint density at radius 1 is 1.20 bits per heavy atom. The van der Waals surface area contributed by atoms with Gasteiger partial charge in [-0.1, -0.05) is 35.9 Å². The van der Waals surface area contributed by atoms with Gasteiger partial charge in [0.05, 0.1) is 17.3 Å². The van der Waals surface area contributed by atoms with Gasteiger partial charge in [-0.05, 0) is 50.5 Å². The van der Waals surface area contributed by atoms with Gasteiger partial charge in [0.15, 0.2) is 0 Å². The number of piperidine rings is 1. The first kappa shape index (κ1) is 20.5. The number of carbonyl (C=O) groups excluding carboxylic acids is 2. The molecule has 1 atom stereocenters. The molecule has 1 saturated heterocycles. The fourth-order valence-electron chi connectivity index (χ4n) is 4.29. The van der Waals surface area contributed by atoms with Gasteiger partial charge < -0.3 is 19.9 Å². The van der Waals surface area contributed by atoms with Gasteiger partial charge in [0, 0.05) is 30.3 Å². The average Bonchev–Trinajstić information content (AvgIpc) is 3.02. The molecule has 2 aromatic rings. The molecule has 0 spiro atoms. The van der Waals surface area contributed by atoms with Crippen molar-refractivity contribution < 1.29 is 14.3 Å². The van der Waals surface area contributed by atoms with Crippen molar-refractivity contribution in [2.75, 3.05) is 25.0 Å². The molecule has 2 aliphatic rings. The van der Waals surface area contributed by atoms with Gasteiger partial charge in [-0.15, -0.1) is 0 Å². The second-order valence-electron chi connectivity index (χ2n) is 7.75. The van der Waals surface area contributed by atoms with Crippen molar-refractivity contribution in [2.45, 2.75) is 38.9 Å². The number of hydrogen-bond acceptors (Lipinski definition) is 4. The lowest BCUT2D eigenvalue weighted by molar-refractivity contribution is 0.0496. The zero-order valence-electron chi connectivity index (χ0n) is 17.2. The minimum Gasteiger partial charge on any atom is -0.450 e. The summed E-state index contributed by atoms with van der Waals surface area (Å²) in [5, 5.41) is 4.12. The molecule has 4 rings (SSSR count). The first-order valence-corrected chi connectivity index (χ1v) is 10.7. The van der Waals surface area contributed by atoms with Crippen LogP contribution < -0.4 is 5.32 Å². The molecule has 1 fully saturated rings. The van der Waals surface area contributed by atoms with Gasteiger partial charge in [0.1, 0.15) is 6.17 Å². The number of fused-ring (bicyclic) bond motifs is 1. The summed E-state index contributed by atoms with van der Waals surface area (Å²) in [6.07, 6.45) is 0.831. The number of halogens is 1. The molecular formula is C23H26ClN3O3. The quantitative estimate of drug-likeness (QED) is 0.758. The zero-order chi connectivity index (χ0) is 21.3. The number of nitrogens with zero attached hydrogens (tertiary/aromatic N) is 2. The SMILES string of the molecule is CCOC(=O)N1CCC(N2C(=O)c3ccccc3C2Nc2ccc(C)cc2Cl)CC1. The fraction of sp³-hybridized carbons (Fsp3) is 0.391. The molecule has 2 heterocycles. The number of nitrogens with one attached hydrogen (secondary N) is 1. The monoisotopic (exact) mass is 427 g/mol. The highest BCUT2D eigenvalue weighted by atomic mass is 35.5. The smallest absolute Gasteiger partial charge is 0.409 e. The minimum atomic E-state index is -0.298. The number of hydrogen-bond donors (Lipinski definition) is 1. The highest BCUT2D eigenvalue weighted by Gasteiger charge is 2.42. The van der Waals surface area contributed by atoms with E-state index in [1.807, 2.05) is 54.3 Å². The Morgan fingerprint density at radius 2 is 1.93 bits per heavy atom. The highest BCUT2D eigenvalue weighted by molar-refractivity contribution is 6.33. The average molecular weight is 428 g/mol. The maximum Gasteiger partial charge on any atom is 0.409 e. The van der Waals surface area contributed by atoms with Crippen LogP contribution >= 0.6 is 11.6 Å². The summed E-state index contributed by atoms with van der Waals surface area (Å²) in [5.41, 5.74) is 3.54. The summed E-state index contributed by atoms with van der Waals surface area (Å²) >= 11 is 6.46. The van der Waals surface area contributed by atoms with Crippen LogP contribution in [0.3, 0.4) is 0 Å². The van der Waals surface area contributed by atoms with Crippen molar-refractivity contribution >= 4 is 29.3 Å². The van der Waals surface area contributed by atoms with E-state index in [1.165, 1.54) is 0 Å². The second kappa shape index (κ2) is 8.56. The molecule has 0 bridgehead atoms. The number of anilines is 1. The molecule has 2 amide bonds. The van der Waals surface area contributed by atoms with Crippen LogP contribution in [0.5, 0.6) is 0 Å². The Bertz CT molecular complexity index is 956. The van der Waals surface area contributed by atoms with Gasteiger partial charge in [0.25, 0.3) is 5.91 Å². The molecule has 7 heteroatoms. The zero-order valence-corrected chi connectivity index (χ0v) is 18.0. The summed E-state index contributed by atoms with van der Waals surface area (Å²) in [5.74, 6) is 0.0147. The minimum absolute atomic E-state index is 0.0147. The van der Waals surface area contributed by atoms with E-state index in [4.69, 9.17) is 16.3 Å². The lowest BCUT2D eigenvalue weighted by Gasteiger charge is -2.39. The number of amides is 2. The third-order valence-electron chi connectivity index (χ3n) is 5.80. The van der Waals surface area contributed by atoms with Gasteiger partial charge >= 0.3 is 6.09 Å². The molecular weight excluding hydrogens is 402 g/mol. The number of carbonyl (C=O) groups is 2. The van der Waals surface area contributed by atoms with Crippen molar-refractivity contribution in [3.05, 3.63) is 64.2 Å². The maximum absolute atomic E-state index is 13.3. The molecule has 2 aliphatic heterocycles. The van der Waals surface area contributed by atoms with Crippen LogP contribution in [0.25, 0.3) is 0 Å². The lowest BCUT2D eigenvalue weighted by Crippen LogP contribution is -2.49. The third kappa shape index (κ3) is 3.84. The highest BCUT2D eigenvalue weighted by Crippen LogP contribution is 2.39. The van der Waals surface area contributed by atoms with Crippen LogP contribution in [-0.4, -0.2) is 47.5 Å². The summed E-state index contributed by atoms with van der Waals surface area (Å²) in [4.78, 5) is 29.0. The molecule has 1 N–H and O–H groups in total. The number of benzene rings is 2. The molecule has 30 heavy (non-hydrogen) atoms. The molecule has 158 valence electrons. The molecule has 2 aromatic carbocycles. The Kier molecular flexibility index (Phi) is 5.86. The van der Waals surface area contributed by atoms with E-state index in [-0.39, 0.29) is 24.2 Å². The van der Waals surface area contributed by atoms with Crippen LogP contribution in [0.2, 0.25) is 5.02 Å². The van der Waals surface area contributed by atoms with Gasteiger partial charge in [0.2, 0.25) is 0 Å². The Balaban J connectivity index is 1.58. The predicted molar refractivity (Wildman–Crippen MR) is 117 cm³/mol. The van der Waals surface area contributed by atoms with Crippen molar-refractivity contribution in [3.63, 3.8) is 0 Å². The summed E-state index contributed by atoms with van der Waals surface area (Å²) in [6, 6.07) is 13.6. The fourth-order valence-corrected chi connectivity index (χ4v) is 4.58. The number of likely N-dealkylation sites (tertiary alicyclic amines) is 1. The normalized spacial score (nSPS) is 19.0. The second-order valence-corrected chi connectivity index (χ2v) is 8.15. The third-order valence-corrected chi connectivity index (χ3v) is 6.11. The molecule has 0 aromatic heterocycles. The lowest BCUT2D eigenvalue weighted by atomic mass is 10.0. The van der Waals surface area contributed by atoms with Crippen molar-refractivity contribution in [2.24, 2.45) is 0 Å². The van der Waals surface area contributed by atoms with E-state index in [1.54, 1.807) is 11.8 Å². The van der Waals surface area contributed by atoms with Crippen LogP contribution in [0.4, 0.5) is 10.5 Å². The van der Waals surface area contributed by atoms with Crippen molar-refractivity contribution in [1.82, 2.24) is 9.80 Å². The first-order chi connectivity index (χ1) is 14.5. The summed E-state index contributed by atoms with van der Waals surface area (Å²) in [6.45, 7) is 5.30. The molecule has 0 saturated carbocycles. The van der Waals surface area contributed by atoms with E-state index in [9.17, 15) is 9.59 Å². The van der Waals surface area contributed by atoms with Crippen LogP contribution in [0, 0.1) is 6.92 Å². The van der Waals surface area contributed by atoms with Gasteiger partial charge in [-0.2, -0.15) is 0 Å². The van der Waals surface area contributed by atoms with Gasteiger partial charge in [-0.25, -0.2) is 4.79 Å². The maximum atomic E-state index is 13.3. The standard InChI is InChI=1S/C23H26ClN3O3/c1-3-30-23(29)26-12-10-16(11-13-26)27-21(17-6-4-5-7-18(17)22(27)28)25-20-9-8-15(2)14-19(20)24/h4-9,14,16,21,25H,3,10-13H2,1-2H3. The number of ether oxygens (including phenoxy) is 1. The first-order valence-electron chi connectivity index (χ1n) is 10.4. The Labute approximate surface area is 181 Å². The Hall–Kier alpha value is -2.73. The van der Waals surface area contributed by atoms with E-state index < -0.39 is 0 Å². The van der Waals surface area contributed by atoms with E-state index in [2.05, 4.69) is 5.32 Å². The largest absolute Gasteiger partial charge is 0.450 e. The molecule has 0 radical (unpaired) electrons. The van der Waals surface area contributed by atoms with E-state index >= 15 is 0 Å². The summed E-state index contributed by atoms with van der Waals surface area (Å²) in [7, 11) is 0. The predicted octanol–water partition coefficient (Wildman–Crippen LogP) is 4.84. The number of aryl methyl sites for hydroxylation is 1. The van der Waals surface area contributed by atoms with Gasteiger partial charge in [-0.3, -0.25) is 4.79 Å². The van der Waals surface area contributed by atoms with Crippen LogP contribution in [-0.2, 0) is 4.74 Å². The molecule has 1 unspecified atom stereocenters. The van der Waals surface area contributed by atoms with E-state index in [0.29, 0.717) is 43.1 Å². The topological polar surface area (TPSA) is 61.9 Å². The van der Waals surface area contributed by atoms with E-state index in [0.717, 1.165) is 16.8 Å². The molecule has 6 nitrogen and oxygen atoms in total.